The Bertz CT molecular complexity index is 1760. The molecule has 0 aliphatic carbocycles. The van der Waals surface area contributed by atoms with E-state index in [2.05, 4.69) is 0 Å². The van der Waals surface area contributed by atoms with Crippen LogP contribution < -0.4 is 24.4 Å². The molecule has 0 N–H and O–H groups in total. The Morgan fingerprint density at radius 2 is 1.75 bits per heavy atom. The molecule has 0 spiro atoms. The normalized spacial score (nSPS) is 14.9. The second-order valence-electron chi connectivity index (χ2n) is 8.82. The summed E-state index contributed by atoms with van der Waals surface area (Å²) in [6.07, 6.45) is 3.88. The minimum atomic E-state index is -0.800. The highest BCUT2D eigenvalue weighted by atomic mass is 32.2. The van der Waals surface area contributed by atoms with Gasteiger partial charge in [0, 0.05) is 10.5 Å². The molecule has 5 rings (SSSR count). The maximum absolute atomic E-state index is 14.0. The largest absolute Gasteiger partial charge is 0.493 e. The molecule has 1 aliphatic rings. The summed E-state index contributed by atoms with van der Waals surface area (Å²) in [6, 6.07) is 22.1. The lowest BCUT2D eigenvalue weighted by atomic mass is 9.93. The van der Waals surface area contributed by atoms with Crippen LogP contribution in [-0.2, 0) is 9.53 Å². The highest BCUT2D eigenvalue weighted by Crippen LogP contribution is 2.38. The van der Waals surface area contributed by atoms with Gasteiger partial charge in [0.05, 0.1) is 42.7 Å². The molecule has 0 bridgehead atoms. The van der Waals surface area contributed by atoms with Crippen LogP contribution in [0.5, 0.6) is 11.5 Å². The number of thioether (sulfide) groups is 1. The molecule has 4 aromatic rings. The summed E-state index contributed by atoms with van der Waals surface area (Å²) in [4.78, 5) is 34.1. The monoisotopic (exact) mass is 572 g/mol. The van der Waals surface area contributed by atoms with Gasteiger partial charge in [-0.15, -0.1) is 11.8 Å². The molecule has 1 atom stereocenters. The number of ether oxygens (including phenoxy) is 3. The summed E-state index contributed by atoms with van der Waals surface area (Å²) in [5, 5.41) is 0. The predicted molar refractivity (Wildman–Crippen MR) is 159 cm³/mol. The molecule has 0 amide bonds. The summed E-state index contributed by atoms with van der Waals surface area (Å²) in [5.41, 5.74) is 2.83. The average Bonchev–Trinajstić information content (AvgIpc) is 3.30. The molecule has 0 fully saturated rings. The Morgan fingerprint density at radius 3 is 2.40 bits per heavy atom. The van der Waals surface area contributed by atoms with Crippen molar-refractivity contribution < 1.29 is 19.0 Å². The summed E-state index contributed by atoms with van der Waals surface area (Å²) in [7, 11) is 3.11. The van der Waals surface area contributed by atoms with Crippen LogP contribution in [0, 0.1) is 0 Å². The van der Waals surface area contributed by atoms with Crippen LogP contribution in [0.15, 0.2) is 93.1 Å². The number of thiazole rings is 1. The molecule has 1 aromatic heterocycles. The number of carbonyl (C=O) groups excluding carboxylic acids is 1. The zero-order valence-corrected chi connectivity index (χ0v) is 24.2. The minimum Gasteiger partial charge on any atom is -0.493 e. The van der Waals surface area contributed by atoms with Crippen molar-refractivity contribution in [2.45, 2.75) is 17.9 Å². The first-order chi connectivity index (χ1) is 19.5. The van der Waals surface area contributed by atoms with Crippen LogP contribution >= 0.6 is 23.1 Å². The third-order valence-corrected chi connectivity index (χ3v) is 8.24. The van der Waals surface area contributed by atoms with E-state index in [4.69, 9.17) is 19.2 Å². The quantitative estimate of drug-likeness (QED) is 0.226. The van der Waals surface area contributed by atoms with E-state index in [1.807, 2.05) is 73.0 Å². The number of hydrogen-bond donors (Lipinski definition) is 0. The molecule has 40 heavy (non-hydrogen) atoms. The number of hydrogen-bond acceptors (Lipinski definition) is 8. The first kappa shape index (κ1) is 27.5. The molecule has 1 aliphatic heterocycles. The topological polar surface area (TPSA) is 79.1 Å². The summed E-state index contributed by atoms with van der Waals surface area (Å²) in [5.74, 6) is 0.488. The summed E-state index contributed by atoms with van der Waals surface area (Å²) in [6.45, 7) is 1.93. The van der Waals surface area contributed by atoms with E-state index in [1.165, 1.54) is 11.3 Å². The van der Waals surface area contributed by atoms with E-state index in [0.29, 0.717) is 32.1 Å². The number of fused-ring (bicyclic) bond motifs is 1. The molecule has 0 saturated heterocycles. The lowest BCUT2D eigenvalue weighted by molar-refractivity contribution is -0.138. The van der Waals surface area contributed by atoms with Crippen molar-refractivity contribution in [3.8, 4) is 11.5 Å². The predicted octanol–water partition coefficient (Wildman–Crippen LogP) is 4.67. The Morgan fingerprint density at radius 1 is 1.02 bits per heavy atom. The van der Waals surface area contributed by atoms with Gasteiger partial charge in [-0.05, 0) is 54.6 Å². The fraction of sp³-hybridized carbons (Fsp3) is 0.194. The van der Waals surface area contributed by atoms with Crippen molar-refractivity contribution in [1.82, 2.24) is 4.57 Å². The molecule has 204 valence electrons. The van der Waals surface area contributed by atoms with Crippen LogP contribution in [0.3, 0.4) is 0 Å². The van der Waals surface area contributed by atoms with Gasteiger partial charge in [0.15, 0.2) is 16.3 Å². The van der Waals surface area contributed by atoms with Crippen molar-refractivity contribution in [2.75, 3.05) is 27.1 Å². The smallest absolute Gasteiger partial charge is 0.338 e. The number of methoxy groups -OCH3 is 2. The molecule has 3 aromatic carbocycles. The van der Waals surface area contributed by atoms with Crippen molar-refractivity contribution >= 4 is 40.8 Å². The molecular weight excluding hydrogens is 544 g/mol. The van der Waals surface area contributed by atoms with Gasteiger partial charge in [-0.2, -0.15) is 0 Å². The van der Waals surface area contributed by atoms with Crippen LogP contribution in [0.1, 0.15) is 29.7 Å². The zero-order chi connectivity index (χ0) is 28.2. The highest BCUT2D eigenvalue weighted by Gasteiger charge is 2.35. The fourth-order valence-electron chi connectivity index (χ4n) is 4.63. The lowest BCUT2D eigenvalue weighted by Gasteiger charge is -2.26. The lowest BCUT2D eigenvalue weighted by Crippen LogP contribution is -2.40. The number of rotatable bonds is 8. The number of aromatic nitrogens is 1. The number of esters is 1. The number of carbonyl (C=O) groups is 1. The van der Waals surface area contributed by atoms with Crippen molar-refractivity contribution in [3.05, 3.63) is 115 Å². The van der Waals surface area contributed by atoms with Crippen LogP contribution in [0.4, 0.5) is 0 Å². The van der Waals surface area contributed by atoms with E-state index in [1.54, 1.807) is 49.6 Å². The highest BCUT2D eigenvalue weighted by molar-refractivity contribution is 7.98. The molecule has 0 saturated carbocycles. The van der Waals surface area contributed by atoms with E-state index in [9.17, 15) is 9.59 Å². The van der Waals surface area contributed by atoms with Gasteiger partial charge < -0.3 is 14.2 Å². The standard InChI is InChI=1S/C31H28N2O5S2/c1-5-38-30(35)26-27(20-9-7-6-8-10-20)32-31-33(28(26)21-13-16-23(36-2)24(18-21)37-3)29(34)25(40-31)17-19-11-14-22(39-4)15-12-19/h6-18,28H,5H2,1-4H3/b25-17-/t28-/m0/s1. The second-order valence-corrected chi connectivity index (χ2v) is 10.7. The van der Waals surface area contributed by atoms with Gasteiger partial charge >= 0.3 is 5.97 Å². The number of benzene rings is 3. The van der Waals surface area contributed by atoms with Crippen molar-refractivity contribution in [1.29, 1.82) is 0 Å². The SMILES string of the molecule is CCOC(=O)C1=C(c2ccccc2)N=c2s/c(=C\c3ccc(SC)cc3)c(=O)n2[C@H]1c1ccc(OC)c(OC)c1. The maximum atomic E-state index is 14.0. The fourth-order valence-corrected chi connectivity index (χ4v) is 6.04. The third kappa shape index (κ3) is 5.22. The van der Waals surface area contributed by atoms with Gasteiger partial charge in [-0.1, -0.05) is 59.9 Å². The summed E-state index contributed by atoms with van der Waals surface area (Å²) < 4.78 is 18.6. The van der Waals surface area contributed by atoms with E-state index in [0.717, 1.165) is 16.0 Å². The van der Waals surface area contributed by atoms with Crippen LogP contribution in [0.25, 0.3) is 11.8 Å². The van der Waals surface area contributed by atoms with Gasteiger partial charge in [0.2, 0.25) is 0 Å². The van der Waals surface area contributed by atoms with Crippen LogP contribution in [0.2, 0.25) is 0 Å². The van der Waals surface area contributed by atoms with Gasteiger partial charge in [-0.25, -0.2) is 9.79 Å². The van der Waals surface area contributed by atoms with E-state index in [-0.39, 0.29) is 17.7 Å². The van der Waals surface area contributed by atoms with E-state index >= 15 is 0 Å². The Balaban J connectivity index is 1.82. The Labute approximate surface area is 240 Å². The van der Waals surface area contributed by atoms with Gasteiger partial charge in [-0.3, -0.25) is 9.36 Å². The van der Waals surface area contributed by atoms with Crippen molar-refractivity contribution in [2.24, 2.45) is 4.99 Å². The number of nitrogens with zero attached hydrogens (tertiary/aromatic N) is 2. The molecule has 0 unspecified atom stereocenters. The molecule has 2 heterocycles. The average molecular weight is 573 g/mol. The summed E-state index contributed by atoms with van der Waals surface area (Å²) >= 11 is 2.95. The molecule has 0 radical (unpaired) electrons. The molecule has 9 heteroatoms. The molecule has 7 nitrogen and oxygen atoms in total. The van der Waals surface area contributed by atoms with E-state index < -0.39 is 12.0 Å². The zero-order valence-electron chi connectivity index (χ0n) is 22.5. The van der Waals surface area contributed by atoms with Gasteiger partial charge in [0.25, 0.3) is 5.56 Å². The Kier molecular flexibility index (Phi) is 8.23. The third-order valence-electron chi connectivity index (χ3n) is 6.51. The maximum Gasteiger partial charge on any atom is 0.338 e. The first-order valence-electron chi connectivity index (χ1n) is 12.6. The first-order valence-corrected chi connectivity index (χ1v) is 14.7. The van der Waals surface area contributed by atoms with Gasteiger partial charge in [0.1, 0.15) is 0 Å². The van der Waals surface area contributed by atoms with Crippen molar-refractivity contribution in [3.63, 3.8) is 0 Å². The molecular formula is C31H28N2O5S2. The second kappa shape index (κ2) is 12.0. The Hall–Kier alpha value is -4.08. The van der Waals surface area contributed by atoms with Crippen LogP contribution in [-0.4, -0.2) is 37.6 Å². The minimum absolute atomic E-state index is 0.180.